The minimum Gasteiger partial charge on any atom is -0.398 e. The number of nitrogen functional groups attached to an aromatic ring is 1. The highest BCUT2D eigenvalue weighted by molar-refractivity contribution is 5.99. The van der Waals surface area contributed by atoms with E-state index in [2.05, 4.69) is 12.2 Å². The van der Waals surface area contributed by atoms with Crippen LogP contribution >= 0.6 is 12.4 Å². The summed E-state index contributed by atoms with van der Waals surface area (Å²) in [6.45, 7) is 2.97. The van der Waals surface area contributed by atoms with Gasteiger partial charge in [-0.25, -0.2) is 0 Å². The van der Waals surface area contributed by atoms with E-state index in [1.54, 1.807) is 12.1 Å². The maximum absolute atomic E-state index is 11.7. The largest absolute Gasteiger partial charge is 0.398 e. The number of carbonyl (C=O) groups excluding carboxylic acids is 1. The standard InChI is InChI=1S/C12H16N2O.ClH/c1-8-6-9(8)7-14-12(15)10-4-2-3-5-11(10)13;/h2-5,8-9H,6-7,13H2,1H3,(H,14,15);1H. The zero-order chi connectivity index (χ0) is 10.8. The highest BCUT2D eigenvalue weighted by Crippen LogP contribution is 2.36. The third-order valence-corrected chi connectivity index (χ3v) is 3.01. The van der Waals surface area contributed by atoms with Crippen LogP contribution in [0.1, 0.15) is 23.7 Å². The van der Waals surface area contributed by atoms with Crippen LogP contribution in [0.25, 0.3) is 0 Å². The molecule has 0 aromatic heterocycles. The molecule has 0 aliphatic heterocycles. The first-order valence-electron chi connectivity index (χ1n) is 5.31. The summed E-state index contributed by atoms with van der Waals surface area (Å²) in [5, 5.41) is 2.91. The van der Waals surface area contributed by atoms with E-state index in [4.69, 9.17) is 5.73 Å². The lowest BCUT2D eigenvalue weighted by Gasteiger charge is -2.06. The number of amides is 1. The summed E-state index contributed by atoms with van der Waals surface area (Å²) in [6, 6.07) is 7.15. The number of nitrogens with two attached hydrogens (primary N) is 1. The monoisotopic (exact) mass is 240 g/mol. The molecule has 3 N–H and O–H groups in total. The number of rotatable bonds is 3. The second-order valence-electron chi connectivity index (χ2n) is 4.27. The fraction of sp³-hybridized carbons (Fsp3) is 0.417. The number of hydrogen-bond acceptors (Lipinski definition) is 2. The number of para-hydroxylation sites is 1. The Hall–Kier alpha value is -1.22. The van der Waals surface area contributed by atoms with Gasteiger partial charge in [-0.2, -0.15) is 0 Å². The Balaban J connectivity index is 0.00000128. The summed E-state index contributed by atoms with van der Waals surface area (Å²) in [5.41, 5.74) is 6.83. The summed E-state index contributed by atoms with van der Waals surface area (Å²) in [6.07, 6.45) is 1.23. The molecule has 0 radical (unpaired) electrons. The molecule has 3 nitrogen and oxygen atoms in total. The van der Waals surface area contributed by atoms with Crippen LogP contribution in [0.5, 0.6) is 0 Å². The van der Waals surface area contributed by atoms with Crippen LogP contribution < -0.4 is 11.1 Å². The zero-order valence-electron chi connectivity index (χ0n) is 9.27. The maximum Gasteiger partial charge on any atom is 0.253 e. The maximum atomic E-state index is 11.7. The van der Waals surface area contributed by atoms with E-state index in [0.717, 1.165) is 12.5 Å². The van der Waals surface area contributed by atoms with E-state index >= 15 is 0 Å². The van der Waals surface area contributed by atoms with E-state index in [1.165, 1.54) is 6.42 Å². The molecular formula is C12H17ClN2O. The Labute approximate surface area is 102 Å². The quantitative estimate of drug-likeness (QED) is 0.795. The number of benzene rings is 1. The highest BCUT2D eigenvalue weighted by Gasteiger charge is 2.32. The van der Waals surface area contributed by atoms with E-state index < -0.39 is 0 Å². The second-order valence-corrected chi connectivity index (χ2v) is 4.27. The number of nitrogens with one attached hydrogen (secondary N) is 1. The lowest BCUT2D eigenvalue weighted by Crippen LogP contribution is -2.26. The van der Waals surface area contributed by atoms with Crippen molar-refractivity contribution in [3.63, 3.8) is 0 Å². The molecule has 88 valence electrons. The molecule has 2 unspecified atom stereocenters. The first kappa shape index (κ1) is 12.8. The van der Waals surface area contributed by atoms with Gasteiger partial charge in [0.1, 0.15) is 0 Å². The topological polar surface area (TPSA) is 55.1 Å². The third-order valence-electron chi connectivity index (χ3n) is 3.01. The first-order valence-corrected chi connectivity index (χ1v) is 5.31. The van der Waals surface area contributed by atoms with Gasteiger partial charge in [-0.15, -0.1) is 12.4 Å². The summed E-state index contributed by atoms with van der Waals surface area (Å²) in [7, 11) is 0. The van der Waals surface area contributed by atoms with Crippen molar-refractivity contribution >= 4 is 24.0 Å². The molecule has 2 rings (SSSR count). The van der Waals surface area contributed by atoms with Crippen molar-refractivity contribution in [2.45, 2.75) is 13.3 Å². The Bertz CT molecular complexity index is 381. The molecule has 1 aromatic carbocycles. The molecule has 1 aliphatic carbocycles. The molecule has 0 bridgehead atoms. The van der Waals surface area contributed by atoms with Crippen molar-refractivity contribution in [2.75, 3.05) is 12.3 Å². The summed E-state index contributed by atoms with van der Waals surface area (Å²) in [4.78, 5) is 11.7. The summed E-state index contributed by atoms with van der Waals surface area (Å²) >= 11 is 0. The summed E-state index contributed by atoms with van der Waals surface area (Å²) < 4.78 is 0. The number of anilines is 1. The van der Waals surface area contributed by atoms with Gasteiger partial charge in [0.2, 0.25) is 0 Å². The van der Waals surface area contributed by atoms with E-state index in [1.807, 2.05) is 12.1 Å². The van der Waals surface area contributed by atoms with Crippen molar-refractivity contribution in [1.29, 1.82) is 0 Å². The first-order chi connectivity index (χ1) is 7.18. The van der Waals surface area contributed by atoms with Crippen LogP contribution in [0.15, 0.2) is 24.3 Å². The van der Waals surface area contributed by atoms with Crippen molar-refractivity contribution in [2.24, 2.45) is 11.8 Å². The fourth-order valence-electron chi connectivity index (χ4n) is 1.71. The number of hydrogen-bond donors (Lipinski definition) is 2. The molecule has 16 heavy (non-hydrogen) atoms. The smallest absolute Gasteiger partial charge is 0.253 e. The van der Waals surface area contributed by atoms with Gasteiger partial charge in [0.05, 0.1) is 5.56 Å². The predicted molar refractivity (Wildman–Crippen MR) is 67.7 cm³/mol. The predicted octanol–water partition coefficient (Wildman–Crippen LogP) is 2.08. The Kier molecular flexibility index (Phi) is 4.19. The molecule has 1 aliphatic rings. The van der Waals surface area contributed by atoms with Crippen molar-refractivity contribution in [3.8, 4) is 0 Å². The normalized spacial score (nSPS) is 22.1. The molecule has 1 aromatic rings. The van der Waals surface area contributed by atoms with E-state index in [-0.39, 0.29) is 18.3 Å². The molecule has 0 saturated heterocycles. The Morgan fingerprint density at radius 2 is 2.12 bits per heavy atom. The van der Waals surface area contributed by atoms with Crippen molar-refractivity contribution in [3.05, 3.63) is 29.8 Å². The van der Waals surface area contributed by atoms with Gasteiger partial charge < -0.3 is 11.1 Å². The fourth-order valence-corrected chi connectivity index (χ4v) is 1.71. The van der Waals surface area contributed by atoms with Gasteiger partial charge in [0.25, 0.3) is 5.91 Å². The molecule has 2 atom stereocenters. The molecule has 0 heterocycles. The van der Waals surface area contributed by atoms with Crippen LogP contribution in [0, 0.1) is 11.8 Å². The molecule has 0 spiro atoms. The number of carbonyl (C=O) groups is 1. The lowest BCUT2D eigenvalue weighted by molar-refractivity contribution is 0.0952. The lowest BCUT2D eigenvalue weighted by atomic mass is 10.1. The van der Waals surface area contributed by atoms with E-state index in [9.17, 15) is 4.79 Å². The molecule has 4 heteroatoms. The average molecular weight is 241 g/mol. The molecule has 1 fully saturated rings. The van der Waals surface area contributed by atoms with Crippen LogP contribution in [0.2, 0.25) is 0 Å². The SMILES string of the molecule is CC1CC1CNC(=O)c1ccccc1N.Cl. The van der Waals surface area contributed by atoms with Gasteiger partial charge in [-0.1, -0.05) is 19.1 Å². The summed E-state index contributed by atoms with van der Waals surface area (Å²) in [5.74, 6) is 1.37. The molecule has 1 saturated carbocycles. The minimum absolute atomic E-state index is 0. The molecular weight excluding hydrogens is 224 g/mol. The van der Waals surface area contributed by atoms with Gasteiger partial charge in [0, 0.05) is 12.2 Å². The van der Waals surface area contributed by atoms with Gasteiger partial charge in [0.15, 0.2) is 0 Å². The Morgan fingerprint density at radius 3 is 2.69 bits per heavy atom. The van der Waals surface area contributed by atoms with Gasteiger partial charge in [-0.3, -0.25) is 4.79 Å². The average Bonchev–Trinajstić information content (AvgIpc) is 2.92. The van der Waals surface area contributed by atoms with Crippen LogP contribution in [0.4, 0.5) is 5.69 Å². The number of halogens is 1. The van der Waals surface area contributed by atoms with Crippen LogP contribution in [-0.2, 0) is 0 Å². The van der Waals surface area contributed by atoms with E-state index in [0.29, 0.717) is 17.2 Å². The molecule has 1 amide bonds. The highest BCUT2D eigenvalue weighted by atomic mass is 35.5. The van der Waals surface area contributed by atoms with Crippen LogP contribution in [-0.4, -0.2) is 12.5 Å². The van der Waals surface area contributed by atoms with Gasteiger partial charge >= 0.3 is 0 Å². The minimum atomic E-state index is -0.0628. The van der Waals surface area contributed by atoms with Crippen molar-refractivity contribution < 1.29 is 4.79 Å². The second kappa shape index (κ2) is 5.21. The van der Waals surface area contributed by atoms with Crippen LogP contribution in [0.3, 0.4) is 0 Å². The zero-order valence-corrected chi connectivity index (χ0v) is 10.1. The van der Waals surface area contributed by atoms with Gasteiger partial charge in [-0.05, 0) is 30.4 Å². The third kappa shape index (κ3) is 2.89. The van der Waals surface area contributed by atoms with Crippen molar-refractivity contribution in [1.82, 2.24) is 5.32 Å². The Morgan fingerprint density at radius 1 is 1.50 bits per heavy atom.